The number of amides is 1. The van der Waals surface area contributed by atoms with Crippen LogP contribution in [0.5, 0.6) is 0 Å². The highest BCUT2D eigenvalue weighted by atomic mass is 32.1. The summed E-state index contributed by atoms with van der Waals surface area (Å²) in [5, 5.41) is 23.0. The minimum absolute atomic E-state index is 0.0624. The fraction of sp³-hybridized carbons (Fsp3) is 0.286. The quantitative estimate of drug-likeness (QED) is 0.434. The topological polar surface area (TPSA) is 101 Å². The number of aryl methyl sites for hydroxylation is 1. The molecule has 2 aromatic carbocycles. The van der Waals surface area contributed by atoms with Crippen molar-refractivity contribution in [3.63, 3.8) is 0 Å². The zero-order chi connectivity index (χ0) is 21.7. The number of hydrogen-bond donors (Lipinski definition) is 1. The molecule has 8 nitrogen and oxygen atoms in total. The molecule has 30 heavy (non-hydrogen) atoms. The summed E-state index contributed by atoms with van der Waals surface area (Å²) < 4.78 is 0. The van der Waals surface area contributed by atoms with E-state index in [1.165, 1.54) is 23.0 Å². The van der Waals surface area contributed by atoms with Crippen LogP contribution < -0.4 is 5.32 Å². The van der Waals surface area contributed by atoms with Gasteiger partial charge in [-0.05, 0) is 32.0 Å². The number of benzene rings is 2. The van der Waals surface area contributed by atoms with Gasteiger partial charge in [-0.2, -0.15) is 0 Å². The Morgan fingerprint density at radius 1 is 1.23 bits per heavy atom. The molecule has 0 saturated heterocycles. The molecule has 0 aliphatic heterocycles. The van der Waals surface area contributed by atoms with Crippen LogP contribution in [0.1, 0.15) is 44.5 Å². The maximum absolute atomic E-state index is 12.4. The molecule has 0 spiro atoms. The van der Waals surface area contributed by atoms with E-state index < -0.39 is 4.92 Å². The van der Waals surface area contributed by atoms with E-state index in [2.05, 4.69) is 15.5 Å². The summed E-state index contributed by atoms with van der Waals surface area (Å²) in [5.41, 5.74) is 3.09. The van der Waals surface area contributed by atoms with Gasteiger partial charge >= 0.3 is 0 Å². The molecule has 1 amide bonds. The van der Waals surface area contributed by atoms with E-state index in [1.807, 2.05) is 56.1 Å². The van der Waals surface area contributed by atoms with E-state index in [0.29, 0.717) is 23.1 Å². The first kappa shape index (κ1) is 21.5. The van der Waals surface area contributed by atoms with Gasteiger partial charge in [-0.1, -0.05) is 53.3 Å². The van der Waals surface area contributed by atoms with Gasteiger partial charge in [-0.15, -0.1) is 10.2 Å². The summed E-state index contributed by atoms with van der Waals surface area (Å²) in [6, 6.07) is 14.5. The summed E-state index contributed by atoms with van der Waals surface area (Å²) in [7, 11) is 1.90. The number of carbonyl (C=O) groups is 1. The van der Waals surface area contributed by atoms with Crippen molar-refractivity contribution in [2.45, 2.75) is 33.0 Å². The lowest BCUT2D eigenvalue weighted by molar-refractivity contribution is -0.384. The smallest absolute Gasteiger partial charge is 0.282 e. The molecule has 0 bridgehead atoms. The first-order valence-corrected chi connectivity index (χ1v) is 10.3. The average Bonchev–Trinajstić information content (AvgIpc) is 3.21. The van der Waals surface area contributed by atoms with Crippen molar-refractivity contribution >= 4 is 22.9 Å². The highest BCUT2D eigenvalue weighted by Crippen LogP contribution is 2.25. The third-order valence-electron chi connectivity index (χ3n) is 4.84. The van der Waals surface area contributed by atoms with Crippen molar-refractivity contribution in [1.82, 2.24) is 20.4 Å². The van der Waals surface area contributed by atoms with E-state index in [1.54, 1.807) is 12.1 Å². The van der Waals surface area contributed by atoms with Crippen LogP contribution in [0.4, 0.5) is 5.69 Å². The first-order valence-electron chi connectivity index (χ1n) is 9.44. The number of nitro benzene ring substituents is 1. The molecule has 3 aromatic rings. The monoisotopic (exact) mass is 425 g/mol. The van der Waals surface area contributed by atoms with Gasteiger partial charge in [0.15, 0.2) is 0 Å². The largest absolute Gasteiger partial charge is 0.346 e. The Labute approximate surface area is 178 Å². The van der Waals surface area contributed by atoms with E-state index in [9.17, 15) is 14.9 Å². The molecule has 0 aliphatic carbocycles. The lowest BCUT2D eigenvalue weighted by Gasteiger charge is -2.23. The Balaban J connectivity index is 1.58. The van der Waals surface area contributed by atoms with Crippen molar-refractivity contribution < 1.29 is 9.72 Å². The summed E-state index contributed by atoms with van der Waals surface area (Å²) >= 11 is 1.24. The van der Waals surface area contributed by atoms with E-state index in [0.717, 1.165) is 11.1 Å². The van der Waals surface area contributed by atoms with Crippen molar-refractivity contribution in [3.05, 3.63) is 85.4 Å². The van der Waals surface area contributed by atoms with Gasteiger partial charge in [-0.3, -0.25) is 19.8 Å². The molecule has 0 aliphatic rings. The van der Waals surface area contributed by atoms with Gasteiger partial charge in [0.05, 0.1) is 11.5 Å². The van der Waals surface area contributed by atoms with Crippen LogP contribution in [0.25, 0.3) is 0 Å². The highest BCUT2D eigenvalue weighted by Gasteiger charge is 2.18. The maximum Gasteiger partial charge on any atom is 0.282 e. The second kappa shape index (κ2) is 9.55. The van der Waals surface area contributed by atoms with E-state index in [4.69, 9.17) is 0 Å². The summed E-state index contributed by atoms with van der Waals surface area (Å²) in [6.45, 7) is 4.89. The average molecular weight is 426 g/mol. The number of nitrogens with zero attached hydrogens (tertiary/aromatic N) is 4. The van der Waals surface area contributed by atoms with Crippen LogP contribution in [0.2, 0.25) is 0 Å². The molecule has 156 valence electrons. The SMILES string of the molecule is Cc1ccc(CNC(=O)c2nnc(CN(C)C(C)c3cccc([N+](=O)[O-])c3)s2)cc1. The standard InChI is InChI=1S/C21H23N5O3S/c1-14-7-9-16(10-8-14)12-22-20(27)21-24-23-19(30-21)13-25(3)15(2)17-5-4-6-18(11-17)26(28)29/h4-11,15H,12-13H2,1-3H3,(H,22,27). The lowest BCUT2D eigenvalue weighted by atomic mass is 10.1. The van der Waals surface area contributed by atoms with E-state index >= 15 is 0 Å². The second-order valence-electron chi connectivity index (χ2n) is 7.11. The Morgan fingerprint density at radius 2 is 1.97 bits per heavy atom. The Hall–Kier alpha value is -3.17. The van der Waals surface area contributed by atoms with Crippen LogP contribution >= 0.6 is 11.3 Å². The van der Waals surface area contributed by atoms with E-state index in [-0.39, 0.29) is 17.6 Å². The van der Waals surface area contributed by atoms with Gasteiger partial charge < -0.3 is 5.32 Å². The Bertz CT molecular complexity index is 1040. The molecular weight excluding hydrogens is 402 g/mol. The van der Waals surface area contributed by atoms with Crippen LogP contribution in [0.15, 0.2) is 48.5 Å². The fourth-order valence-electron chi connectivity index (χ4n) is 2.88. The van der Waals surface area contributed by atoms with Gasteiger partial charge in [0, 0.05) is 24.7 Å². The normalized spacial score (nSPS) is 12.0. The summed E-state index contributed by atoms with van der Waals surface area (Å²) in [6.07, 6.45) is 0. The number of carbonyl (C=O) groups excluding carboxylic acids is 1. The van der Waals surface area contributed by atoms with Gasteiger partial charge in [0.25, 0.3) is 11.6 Å². The summed E-state index contributed by atoms with van der Waals surface area (Å²) in [5.74, 6) is -0.256. The van der Waals surface area contributed by atoms with Crippen molar-refractivity contribution in [3.8, 4) is 0 Å². The molecule has 1 aromatic heterocycles. The highest BCUT2D eigenvalue weighted by molar-refractivity contribution is 7.13. The number of rotatable bonds is 8. The van der Waals surface area contributed by atoms with Crippen LogP contribution in [-0.2, 0) is 13.1 Å². The molecule has 1 unspecified atom stereocenters. The molecule has 0 saturated carbocycles. The molecular formula is C21H23N5O3S. The number of hydrogen-bond acceptors (Lipinski definition) is 7. The molecule has 1 heterocycles. The molecule has 9 heteroatoms. The molecule has 0 radical (unpaired) electrons. The van der Waals surface area contributed by atoms with Crippen LogP contribution in [-0.4, -0.2) is 33.0 Å². The molecule has 0 fully saturated rings. The Kier molecular flexibility index (Phi) is 6.86. The molecule has 3 rings (SSSR count). The van der Waals surface area contributed by atoms with Gasteiger partial charge in [0.1, 0.15) is 5.01 Å². The maximum atomic E-state index is 12.4. The van der Waals surface area contributed by atoms with Crippen LogP contribution in [0, 0.1) is 17.0 Å². The predicted octanol–water partition coefficient (Wildman–Crippen LogP) is 3.88. The third-order valence-corrected chi connectivity index (χ3v) is 5.75. The van der Waals surface area contributed by atoms with Crippen molar-refractivity contribution in [2.24, 2.45) is 0 Å². The number of nitrogens with one attached hydrogen (secondary N) is 1. The number of non-ortho nitro benzene ring substituents is 1. The third kappa shape index (κ3) is 5.46. The fourth-order valence-corrected chi connectivity index (χ4v) is 3.70. The van der Waals surface area contributed by atoms with Crippen LogP contribution in [0.3, 0.4) is 0 Å². The molecule has 1 N–H and O–H groups in total. The number of nitro groups is 1. The van der Waals surface area contributed by atoms with Gasteiger partial charge in [-0.25, -0.2) is 0 Å². The zero-order valence-electron chi connectivity index (χ0n) is 17.0. The lowest BCUT2D eigenvalue weighted by Crippen LogP contribution is -2.22. The van der Waals surface area contributed by atoms with Gasteiger partial charge in [0.2, 0.25) is 5.01 Å². The number of aromatic nitrogens is 2. The molecule has 1 atom stereocenters. The first-order chi connectivity index (χ1) is 14.3. The predicted molar refractivity (Wildman–Crippen MR) is 115 cm³/mol. The van der Waals surface area contributed by atoms with Crippen molar-refractivity contribution in [2.75, 3.05) is 7.05 Å². The van der Waals surface area contributed by atoms with Crippen molar-refractivity contribution in [1.29, 1.82) is 0 Å². The summed E-state index contributed by atoms with van der Waals surface area (Å²) in [4.78, 5) is 25.0. The Morgan fingerprint density at radius 3 is 2.67 bits per heavy atom. The second-order valence-corrected chi connectivity index (χ2v) is 8.17. The minimum Gasteiger partial charge on any atom is -0.346 e. The minimum atomic E-state index is -0.400. The zero-order valence-corrected chi connectivity index (χ0v) is 17.8.